The van der Waals surface area contributed by atoms with Gasteiger partial charge in [-0.15, -0.1) is 0 Å². The summed E-state index contributed by atoms with van der Waals surface area (Å²) in [4.78, 5) is -0.514. The van der Waals surface area contributed by atoms with Gasteiger partial charge in [0.15, 0.2) is 0 Å². The second-order valence-corrected chi connectivity index (χ2v) is 5.88. The summed E-state index contributed by atoms with van der Waals surface area (Å²) < 4.78 is 52.4. The third-order valence-electron chi connectivity index (χ3n) is 2.62. The minimum atomic E-state index is -4.02. The molecule has 0 aromatic heterocycles. The average molecular weight is 298 g/mol. The molecule has 2 aromatic carbocycles. The maximum atomic E-state index is 13.5. The van der Waals surface area contributed by atoms with Gasteiger partial charge in [0.2, 0.25) is 10.0 Å². The number of nitrogen functional groups attached to an aromatic ring is 1. The lowest BCUT2D eigenvalue weighted by atomic mass is 10.2. The minimum absolute atomic E-state index is 0.0726. The van der Waals surface area contributed by atoms with Gasteiger partial charge in [-0.2, -0.15) is 0 Å². The first kappa shape index (κ1) is 14.4. The van der Waals surface area contributed by atoms with Crippen LogP contribution in [0.5, 0.6) is 0 Å². The second-order valence-electron chi connectivity index (χ2n) is 4.14. The van der Waals surface area contributed by atoms with Gasteiger partial charge < -0.3 is 5.73 Å². The third-order valence-corrected chi connectivity index (χ3v) is 4.04. The van der Waals surface area contributed by atoms with Crippen LogP contribution in [0.4, 0.5) is 14.5 Å². The number of rotatable bonds is 4. The first-order valence-electron chi connectivity index (χ1n) is 5.67. The van der Waals surface area contributed by atoms with E-state index in [0.717, 1.165) is 12.1 Å². The lowest BCUT2D eigenvalue weighted by Crippen LogP contribution is -2.24. The van der Waals surface area contributed by atoms with E-state index in [4.69, 9.17) is 5.73 Å². The molecule has 0 fully saturated rings. The Morgan fingerprint density at radius 2 is 1.70 bits per heavy atom. The maximum Gasteiger partial charge on any atom is 0.243 e. The summed E-state index contributed by atoms with van der Waals surface area (Å²) in [6.07, 6.45) is 0. The van der Waals surface area contributed by atoms with Gasteiger partial charge in [0.1, 0.15) is 16.5 Å². The molecule has 106 valence electrons. The molecule has 0 radical (unpaired) electrons. The predicted octanol–water partition coefficient (Wildman–Crippen LogP) is 2.03. The van der Waals surface area contributed by atoms with Crippen LogP contribution in [0.15, 0.2) is 47.4 Å². The molecule has 0 heterocycles. The number of nitrogens with one attached hydrogen (secondary N) is 1. The zero-order valence-corrected chi connectivity index (χ0v) is 11.1. The van der Waals surface area contributed by atoms with E-state index >= 15 is 0 Å². The Kier molecular flexibility index (Phi) is 4.01. The molecule has 0 saturated carbocycles. The largest absolute Gasteiger partial charge is 0.399 e. The van der Waals surface area contributed by atoms with Crippen molar-refractivity contribution >= 4 is 15.7 Å². The summed E-state index contributed by atoms with van der Waals surface area (Å²) in [7, 11) is -4.02. The Morgan fingerprint density at radius 1 is 1.05 bits per heavy atom. The SMILES string of the molecule is Nc1ccc(F)c(S(=O)(=O)NCc2ccc(F)cc2)c1. The Hall–Kier alpha value is -1.99. The van der Waals surface area contributed by atoms with Crippen molar-refractivity contribution < 1.29 is 17.2 Å². The molecule has 4 nitrogen and oxygen atoms in total. The Balaban J connectivity index is 2.19. The summed E-state index contributed by atoms with van der Waals surface area (Å²) in [5.74, 6) is -1.30. The molecule has 0 aliphatic rings. The van der Waals surface area contributed by atoms with Gasteiger partial charge in [-0.05, 0) is 35.9 Å². The van der Waals surface area contributed by atoms with Crippen molar-refractivity contribution in [3.8, 4) is 0 Å². The summed E-state index contributed by atoms with van der Waals surface area (Å²) in [6, 6.07) is 8.61. The number of benzene rings is 2. The van der Waals surface area contributed by atoms with Crippen LogP contribution in [0.25, 0.3) is 0 Å². The van der Waals surface area contributed by atoms with Crippen molar-refractivity contribution in [3.63, 3.8) is 0 Å². The van der Waals surface area contributed by atoms with Gasteiger partial charge >= 0.3 is 0 Å². The summed E-state index contributed by atoms with van der Waals surface area (Å²) in [5, 5.41) is 0. The smallest absolute Gasteiger partial charge is 0.243 e. The standard InChI is InChI=1S/C13H12F2N2O2S/c14-10-3-1-9(2-4-10)8-17-20(18,19)13-7-11(16)5-6-12(13)15/h1-7,17H,8,16H2. The number of hydrogen-bond donors (Lipinski definition) is 2. The number of nitrogens with two attached hydrogens (primary N) is 1. The number of anilines is 1. The van der Waals surface area contributed by atoms with Gasteiger partial charge in [0.05, 0.1) is 0 Å². The molecule has 0 saturated heterocycles. The topological polar surface area (TPSA) is 72.2 Å². The molecule has 0 bridgehead atoms. The van der Waals surface area contributed by atoms with E-state index in [1.165, 1.54) is 30.3 Å². The monoisotopic (exact) mass is 298 g/mol. The molecule has 0 amide bonds. The van der Waals surface area contributed by atoms with Gasteiger partial charge in [0, 0.05) is 12.2 Å². The second kappa shape index (κ2) is 5.56. The fraction of sp³-hybridized carbons (Fsp3) is 0.0769. The third kappa shape index (κ3) is 3.31. The van der Waals surface area contributed by atoms with Crippen molar-refractivity contribution in [2.45, 2.75) is 11.4 Å². The highest BCUT2D eigenvalue weighted by atomic mass is 32.2. The highest BCUT2D eigenvalue weighted by molar-refractivity contribution is 7.89. The lowest BCUT2D eigenvalue weighted by Gasteiger charge is -2.08. The first-order chi connectivity index (χ1) is 9.38. The van der Waals surface area contributed by atoms with Crippen LogP contribution in [0.3, 0.4) is 0 Å². The van der Waals surface area contributed by atoms with E-state index in [9.17, 15) is 17.2 Å². The van der Waals surface area contributed by atoms with Crippen molar-refractivity contribution in [1.82, 2.24) is 4.72 Å². The fourth-order valence-electron chi connectivity index (χ4n) is 1.58. The van der Waals surface area contributed by atoms with E-state index in [2.05, 4.69) is 4.72 Å². The molecule has 20 heavy (non-hydrogen) atoms. The van der Waals surface area contributed by atoms with E-state index in [-0.39, 0.29) is 12.2 Å². The van der Waals surface area contributed by atoms with Crippen molar-refractivity contribution in [3.05, 3.63) is 59.7 Å². The quantitative estimate of drug-likeness (QED) is 0.848. The minimum Gasteiger partial charge on any atom is -0.399 e. The summed E-state index contributed by atoms with van der Waals surface area (Å²) >= 11 is 0. The molecule has 0 aliphatic carbocycles. The molecule has 2 aromatic rings. The number of sulfonamides is 1. The van der Waals surface area contributed by atoms with Crippen molar-refractivity contribution in [2.24, 2.45) is 0 Å². The van der Waals surface area contributed by atoms with Gasteiger partial charge in [-0.3, -0.25) is 0 Å². The Bertz CT molecular complexity index is 716. The van der Waals surface area contributed by atoms with Gasteiger partial charge in [-0.1, -0.05) is 12.1 Å². The molecule has 3 N–H and O–H groups in total. The molecule has 0 spiro atoms. The van der Waals surface area contributed by atoms with Crippen LogP contribution in [-0.2, 0) is 16.6 Å². The highest BCUT2D eigenvalue weighted by Crippen LogP contribution is 2.17. The zero-order chi connectivity index (χ0) is 14.8. The van der Waals surface area contributed by atoms with Gasteiger partial charge in [0.25, 0.3) is 0 Å². The molecule has 7 heteroatoms. The highest BCUT2D eigenvalue weighted by Gasteiger charge is 2.18. The number of hydrogen-bond acceptors (Lipinski definition) is 3. The average Bonchev–Trinajstić information content (AvgIpc) is 2.41. The maximum absolute atomic E-state index is 13.5. The van der Waals surface area contributed by atoms with E-state index in [1.807, 2.05) is 0 Å². The van der Waals surface area contributed by atoms with Gasteiger partial charge in [-0.25, -0.2) is 21.9 Å². The van der Waals surface area contributed by atoms with E-state index in [1.54, 1.807) is 0 Å². The Labute approximate surface area is 115 Å². The van der Waals surface area contributed by atoms with Crippen molar-refractivity contribution in [2.75, 3.05) is 5.73 Å². The van der Waals surface area contributed by atoms with Crippen LogP contribution in [0, 0.1) is 11.6 Å². The molecule has 0 unspecified atom stereocenters. The lowest BCUT2D eigenvalue weighted by molar-refractivity contribution is 0.557. The number of halogens is 2. The van der Waals surface area contributed by atoms with Crippen LogP contribution >= 0.6 is 0 Å². The summed E-state index contributed by atoms with van der Waals surface area (Å²) in [5.41, 5.74) is 6.15. The van der Waals surface area contributed by atoms with Crippen LogP contribution in [-0.4, -0.2) is 8.42 Å². The first-order valence-corrected chi connectivity index (χ1v) is 7.16. The molecular formula is C13H12F2N2O2S. The molecular weight excluding hydrogens is 286 g/mol. The zero-order valence-electron chi connectivity index (χ0n) is 10.3. The van der Waals surface area contributed by atoms with E-state index < -0.39 is 26.6 Å². The molecule has 0 atom stereocenters. The molecule has 0 aliphatic heterocycles. The molecule has 2 rings (SSSR count). The predicted molar refractivity (Wildman–Crippen MR) is 71.2 cm³/mol. The normalized spacial score (nSPS) is 11.5. The van der Waals surface area contributed by atoms with Crippen LogP contribution in [0.1, 0.15) is 5.56 Å². The fourth-order valence-corrected chi connectivity index (χ4v) is 2.71. The van der Waals surface area contributed by atoms with Crippen molar-refractivity contribution in [1.29, 1.82) is 0 Å². The summed E-state index contributed by atoms with van der Waals surface area (Å²) in [6.45, 7) is -0.0726. The van der Waals surface area contributed by atoms with E-state index in [0.29, 0.717) is 5.56 Å². The van der Waals surface area contributed by atoms with Crippen LogP contribution < -0.4 is 10.5 Å². The van der Waals surface area contributed by atoms with Crippen LogP contribution in [0.2, 0.25) is 0 Å². The Morgan fingerprint density at radius 3 is 2.35 bits per heavy atom.